The number of nitrogens with zero attached hydrogens (tertiary/aromatic N) is 5. The molecule has 0 aliphatic carbocycles. The minimum Gasteiger partial charge on any atom is -0.497 e. The van der Waals surface area contributed by atoms with E-state index in [2.05, 4.69) is 58.8 Å². The highest BCUT2D eigenvalue weighted by Crippen LogP contribution is 2.23. The minimum atomic E-state index is 0.830. The molecule has 1 saturated heterocycles. The normalized spacial score (nSPS) is 14.4. The van der Waals surface area contributed by atoms with Gasteiger partial charge in [0.2, 0.25) is 5.95 Å². The number of benzene rings is 1. The molecule has 3 rings (SSSR count). The lowest BCUT2D eigenvalue weighted by atomic mass is 10.2. The third kappa shape index (κ3) is 4.81. The van der Waals surface area contributed by atoms with Crippen molar-refractivity contribution in [2.24, 2.45) is 0 Å². The molecule has 0 amide bonds. The van der Waals surface area contributed by atoms with Crippen LogP contribution in [-0.2, 0) is 0 Å². The van der Waals surface area contributed by atoms with Crippen molar-refractivity contribution in [2.45, 2.75) is 26.7 Å². The van der Waals surface area contributed by atoms with Crippen LogP contribution in [-0.4, -0.2) is 56.8 Å². The summed E-state index contributed by atoms with van der Waals surface area (Å²) in [5.41, 5.74) is 2.27. The molecule has 0 atom stereocenters. The van der Waals surface area contributed by atoms with Gasteiger partial charge in [0.15, 0.2) is 0 Å². The highest BCUT2D eigenvalue weighted by molar-refractivity contribution is 5.52. The summed E-state index contributed by atoms with van der Waals surface area (Å²) >= 11 is 0. The number of anilines is 3. The first-order valence-corrected chi connectivity index (χ1v) is 9.81. The van der Waals surface area contributed by atoms with Crippen molar-refractivity contribution < 1.29 is 4.74 Å². The predicted octanol–water partition coefficient (Wildman–Crippen LogP) is 3.36. The lowest BCUT2D eigenvalue weighted by Gasteiger charge is -2.37. The Labute approximate surface area is 162 Å². The van der Waals surface area contributed by atoms with E-state index < -0.39 is 0 Å². The molecule has 1 aliphatic rings. The lowest BCUT2D eigenvalue weighted by Crippen LogP contribution is -2.47. The van der Waals surface area contributed by atoms with E-state index in [0.29, 0.717) is 0 Å². The molecule has 2 aromatic rings. The third-order valence-corrected chi connectivity index (χ3v) is 5.06. The monoisotopic (exact) mass is 369 g/mol. The smallest absolute Gasteiger partial charge is 0.227 e. The Morgan fingerprint density at radius 1 is 1.04 bits per heavy atom. The summed E-state index contributed by atoms with van der Waals surface area (Å²) in [7, 11) is 3.78. The van der Waals surface area contributed by atoms with Gasteiger partial charge in [0.25, 0.3) is 0 Å². The highest BCUT2D eigenvalue weighted by atomic mass is 16.5. The first-order chi connectivity index (χ1) is 13.1. The van der Waals surface area contributed by atoms with Crippen LogP contribution in [0.4, 0.5) is 17.5 Å². The Morgan fingerprint density at radius 2 is 1.70 bits per heavy atom. The maximum absolute atomic E-state index is 5.25. The predicted molar refractivity (Wildman–Crippen MR) is 112 cm³/mol. The average Bonchev–Trinajstić information content (AvgIpc) is 2.71. The molecule has 0 spiro atoms. The van der Waals surface area contributed by atoms with Crippen molar-refractivity contribution in [3.05, 3.63) is 36.0 Å². The van der Waals surface area contributed by atoms with Crippen LogP contribution in [0.1, 0.15) is 25.5 Å². The topological polar surface area (TPSA) is 44.7 Å². The largest absolute Gasteiger partial charge is 0.497 e. The maximum Gasteiger partial charge on any atom is 0.227 e. The van der Waals surface area contributed by atoms with Crippen molar-refractivity contribution in [3.63, 3.8) is 0 Å². The fourth-order valence-corrected chi connectivity index (χ4v) is 3.35. The number of methoxy groups -OCH3 is 1. The molecule has 146 valence electrons. The molecule has 2 heterocycles. The number of aryl methyl sites for hydroxylation is 1. The number of hydrogen-bond donors (Lipinski definition) is 0. The van der Waals surface area contributed by atoms with E-state index >= 15 is 0 Å². The summed E-state index contributed by atoms with van der Waals surface area (Å²) in [5.74, 6) is 2.76. The summed E-state index contributed by atoms with van der Waals surface area (Å²) in [5, 5.41) is 0. The van der Waals surface area contributed by atoms with Crippen LogP contribution in [0, 0.1) is 6.92 Å². The van der Waals surface area contributed by atoms with Gasteiger partial charge in [-0.15, -0.1) is 0 Å². The Kier molecular flexibility index (Phi) is 6.37. The second-order valence-electron chi connectivity index (χ2n) is 7.11. The van der Waals surface area contributed by atoms with Crippen LogP contribution >= 0.6 is 0 Å². The van der Waals surface area contributed by atoms with Crippen molar-refractivity contribution in [1.82, 2.24) is 9.97 Å². The Hall–Kier alpha value is -2.50. The van der Waals surface area contributed by atoms with Gasteiger partial charge in [-0.2, -0.15) is 4.98 Å². The van der Waals surface area contributed by atoms with Crippen LogP contribution in [0.25, 0.3) is 0 Å². The number of hydrogen-bond acceptors (Lipinski definition) is 6. The number of piperazine rings is 1. The first kappa shape index (κ1) is 19.3. The van der Waals surface area contributed by atoms with Crippen LogP contribution in [0.5, 0.6) is 5.75 Å². The fraction of sp³-hybridized carbons (Fsp3) is 0.524. The van der Waals surface area contributed by atoms with Crippen molar-refractivity contribution >= 4 is 17.5 Å². The maximum atomic E-state index is 5.25. The zero-order valence-electron chi connectivity index (χ0n) is 17.0. The molecule has 6 heteroatoms. The number of ether oxygens (including phenoxy) is 1. The van der Waals surface area contributed by atoms with E-state index in [1.807, 2.05) is 12.1 Å². The van der Waals surface area contributed by atoms with Crippen LogP contribution in [0.3, 0.4) is 0 Å². The van der Waals surface area contributed by atoms with E-state index in [1.54, 1.807) is 7.11 Å². The van der Waals surface area contributed by atoms with E-state index in [-0.39, 0.29) is 0 Å². The zero-order valence-corrected chi connectivity index (χ0v) is 17.0. The van der Waals surface area contributed by atoms with Gasteiger partial charge in [-0.3, -0.25) is 0 Å². The summed E-state index contributed by atoms with van der Waals surface area (Å²) in [6, 6.07) is 10.4. The quantitative estimate of drug-likeness (QED) is 0.746. The number of aromatic nitrogens is 2. The SMILES string of the molecule is CCCCN(C)c1nc(C)cc(N2CCN(c3ccc(OC)cc3)CC2)n1. The molecule has 0 N–H and O–H groups in total. The molecule has 1 fully saturated rings. The van der Waals surface area contributed by atoms with E-state index in [1.165, 1.54) is 12.1 Å². The van der Waals surface area contributed by atoms with Gasteiger partial charge < -0.3 is 19.4 Å². The van der Waals surface area contributed by atoms with Crippen molar-refractivity contribution in [2.75, 3.05) is 61.6 Å². The van der Waals surface area contributed by atoms with E-state index in [0.717, 1.165) is 62.4 Å². The molecule has 0 saturated carbocycles. The van der Waals surface area contributed by atoms with Gasteiger partial charge in [-0.05, 0) is 37.6 Å². The van der Waals surface area contributed by atoms with Gasteiger partial charge >= 0.3 is 0 Å². The average molecular weight is 370 g/mol. The van der Waals surface area contributed by atoms with Gasteiger partial charge in [0, 0.05) is 57.2 Å². The molecule has 1 aromatic carbocycles. The standard InChI is InChI=1S/C21H31N5O/c1-5-6-11-24(3)21-22-17(2)16-20(23-21)26-14-12-25(13-15-26)18-7-9-19(27-4)10-8-18/h7-10,16H,5-6,11-15H2,1-4H3. The van der Waals surface area contributed by atoms with Crippen LogP contribution in [0.2, 0.25) is 0 Å². The molecule has 0 radical (unpaired) electrons. The molecule has 1 aromatic heterocycles. The third-order valence-electron chi connectivity index (χ3n) is 5.06. The van der Waals surface area contributed by atoms with Gasteiger partial charge in [-0.1, -0.05) is 13.3 Å². The second kappa shape index (κ2) is 8.93. The Morgan fingerprint density at radius 3 is 2.33 bits per heavy atom. The lowest BCUT2D eigenvalue weighted by molar-refractivity contribution is 0.415. The van der Waals surface area contributed by atoms with Crippen molar-refractivity contribution in [1.29, 1.82) is 0 Å². The summed E-state index contributed by atoms with van der Waals surface area (Å²) < 4.78 is 5.25. The molecule has 0 unspecified atom stereocenters. The summed E-state index contributed by atoms with van der Waals surface area (Å²) in [6.07, 6.45) is 2.33. The minimum absolute atomic E-state index is 0.830. The summed E-state index contributed by atoms with van der Waals surface area (Å²) in [4.78, 5) is 16.4. The summed E-state index contributed by atoms with van der Waals surface area (Å²) in [6.45, 7) is 9.13. The number of unbranched alkanes of at least 4 members (excludes halogenated alkanes) is 1. The van der Waals surface area contributed by atoms with Crippen molar-refractivity contribution in [3.8, 4) is 5.75 Å². The van der Waals surface area contributed by atoms with Gasteiger partial charge in [-0.25, -0.2) is 4.98 Å². The van der Waals surface area contributed by atoms with E-state index in [9.17, 15) is 0 Å². The molecule has 0 bridgehead atoms. The molecule has 1 aliphatic heterocycles. The fourth-order valence-electron chi connectivity index (χ4n) is 3.35. The van der Waals surface area contributed by atoms with E-state index in [4.69, 9.17) is 9.72 Å². The Balaban J connectivity index is 1.65. The number of rotatable bonds is 7. The molecule has 27 heavy (non-hydrogen) atoms. The van der Waals surface area contributed by atoms with Crippen LogP contribution < -0.4 is 19.4 Å². The second-order valence-corrected chi connectivity index (χ2v) is 7.11. The van der Waals surface area contributed by atoms with Gasteiger partial charge in [0.05, 0.1) is 7.11 Å². The highest BCUT2D eigenvalue weighted by Gasteiger charge is 2.20. The first-order valence-electron chi connectivity index (χ1n) is 9.81. The zero-order chi connectivity index (χ0) is 19.2. The van der Waals surface area contributed by atoms with Crippen LogP contribution in [0.15, 0.2) is 30.3 Å². The molecule has 6 nitrogen and oxygen atoms in total. The Bertz CT molecular complexity index is 726. The molecular formula is C21H31N5O. The molecular weight excluding hydrogens is 338 g/mol. The van der Waals surface area contributed by atoms with Gasteiger partial charge in [0.1, 0.15) is 11.6 Å².